The number of amides is 3. The lowest BCUT2D eigenvalue weighted by molar-refractivity contribution is -0.137. The molecule has 0 aliphatic rings. The van der Waals surface area contributed by atoms with Crippen LogP contribution in [0.4, 0.5) is 10.5 Å². The molecule has 0 heterocycles. The minimum atomic E-state index is -0.855. The van der Waals surface area contributed by atoms with Gasteiger partial charge < -0.3 is 21.5 Å². The second-order valence-corrected chi connectivity index (χ2v) is 4.31. The number of carboxylic acid groups (broad SMARTS) is 1. The van der Waals surface area contributed by atoms with Crippen molar-refractivity contribution in [3.63, 3.8) is 0 Å². The van der Waals surface area contributed by atoms with E-state index in [-0.39, 0.29) is 6.42 Å². The van der Waals surface area contributed by atoms with E-state index in [4.69, 9.17) is 10.8 Å². The maximum Gasteiger partial charge on any atom is 0.319 e. The minimum Gasteiger partial charge on any atom is -0.481 e. The van der Waals surface area contributed by atoms with Crippen molar-refractivity contribution >= 4 is 23.6 Å². The Balaban J connectivity index is 2.50. The molecule has 7 heteroatoms. The van der Waals surface area contributed by atoms with E-state index in [9.17, 15) is 14.4 Å². The van der Waals surface area contributed by atoms with Crippen molar-refractivity contribution in [3.8, 4) is 0 Å². The normalized spacial score (nSPS) is 11.4. The largest absolute Gasteiger partial charge is 0.481 e. The van der Waals surface area contributed by atoms with Crippen LogP contribution < -0.4 is 16.4 Å². The van der Waals surface area contributed by atoms with Crippen molar-refractivity contribution in [2.45, 2.75) is 25.8 Å². The van der Waals surface area contributed by atoms with Crippen LogP contribution in [0.25, 0.3) is 0 Å². The van der Waals surface area contributed by atoms with Gasteiger partial charge in [-0.15, -0.1) is 0 Å². The number of aliphatic carboxylic acids is 1. The van der Waals surface area contributed by atoms with E-state index < -0.39 is 23.9 Å². The zero-order chi connectivity index (χ0) is 15.1. The second-order valence-electron chi connectivity index (χ2n) is 4.31. The number of benzene rings is 1. The van der Waals surface area contributed by atoms with Crippen LogP contribution in [-0.2, 0) is 16.0 Å². The van der Waals surface area contributed by atoms with Gasteiger partial charge >= 0.3 is 12.0 Å². The third kappa shape index (κ3) is 5.38. The summed E-state index contributed by atoms with van der Waals surface area (Å²) in [5.74, 6) is -1.48. The molecule has 1 aromatic rings. The van der Waals surface area contributed by atoms with Crippen LogP contribution in [0.15, 0.2) is 24.3 Å². The highest BCUT2D eigenvalue weighted by Gasteiger charge is 2.11. The summed E-state index contributed by atoms with van der Waals surface area (Å²) < 4.78 is 0. The lowest BCUT2D eigenvalue weighted by Crippen LogP contribution is -2.44. The molecule has 1 aromatic carbocycles. The number of hydrogen-bond acceptors (Lipinski definition) is 3. The summed E-state index contributed by atoms with van der Waals surface area (Å²) in [5.41, 5.74) is 6.43. The summed E-state index contributed by atoms with van der Waals surface area (Å²) in [6, 6.07) is 5.49. The van der Waals surface area contributed by atoms with Gasteiger partial charge in [0, 0.05) is 12.1 Å². The van der Waals surface area contributed by atoms with Crippen molar-refractivity contribution < 1.29 is 19.5 Å². The maximum atomic E-state index is 11.5. The first-order valence-electron chi connectivity index (χ1n) is 6.06. The Hall–Kier alpha value is -2.57. The van der Waals surface area contributed by atoms with Crippen LogP contribution in [0.3, 0.4) is 0 Å². The monoisotopic (exact) mass is 279 g/mol. The standard InChI is InChI=1S/C13H17N3O4/c1-8(12(14)19)15-13(20)16-10-5-2-9(3-6-10)4-7-11(17)18/h2-3,5-6,8H,4,7H2,1H3,(H2,14,19)(H,17,18)(H2,15,16,20). The molecule has 0 fully saturated rings. The highest BCUT2D eigenvalue weighted by molar-refractivity contribution is 5.93. The van der Waals surface area contributed by atoms with Crippen molar-refractivity contribution in [2.75, 3.05) is 5.32 Å². The Kier molecular flexibility index (Phi) is 5.52. The van der Waals surface area contributed by atoms with Gasteiger partial charge in [0.25, 0.3) is 0 Å². The van der Waals surface area contributed by atoms with Gasteiger partial charge in [-0.05, 0) is 31.0 Å². The van der Waals surface area contributed by atoms with Gasteiger partial charge in [-0.1, -0.05) is 12.1 Å². The van der Waals surface area contributed by atoms with Crippen LogP contribution >= 0.6 is 0 Å². The van der Waals surface area contributed by atoms with Crippen molar-refractivity contribution in [1.29, 1.82) is 0 Å². The van der Waals surface area contributed by atoms with Crippen LogP contribution in [0.1, 0.15) is 18.9 Å². The van der Waals surface area contributed by atoms with Crippen molar-refractivity contribution in [1.82, 2.24) is 5.32 Å². The fraction of sp³-hybridized carbons (Fsp3) is 0.308. The average Bonchev–Trinajstić information content (AvgIpc) is 2.37. The van der Waals surface area contributed by atoms with Crippen LogP contribution in [0.2, 0.25) is 0 Å². The number of carbonyl (C=O) groups is 3. The smallest absolute Gasteiger partial charge is 0.319 e. The molecule has 0 radical (unpaired) electrons. The number of aryl methyl sites for hydroxylation is 1. The van der Waals surface area contributed by atoms with Crippen LogP contribution in [0.5, 0.6) is 0 Å². The van der Waals surface area contributed by atoms with E-state index in [2.05, 4.69) is 10.6 Å². The molecular weight excluding hydrogens is 262 g/mol. The van der Waals surface area contributed by atoms with E-state index in [1.165, 1.54) is 6.92 Å². The van der Waals surface area contributed by atoms with Gasteiger partial charge in [0.2, 0.25) is 5.91 Å². The molecule has 1 rings (SSSR count). The summed E-state index contributed by atoms with van der Waals surface area (Å²) in [6.45, 7) is 1.48. The number of nitrogens with two attached hydrogens (primary N) is 1. The first kappa shape index (κ1) is 15.5. The molecule has 3 amide bonds. The number of primary amides is 1. The van der Waals surface area contributed by atoms with Gasteiger partial charge in [0.05, 0.1) is 0 Å². The Morgan fingerprint density at radius 1 is 1.25 bits per heavy atom. The number of carbonyl (C=O) groups excluding carboxylic acids is 2. The zero-order valence-electron chi connectivity index (χ0n) is 11.1. The minimum absolute atomic E-state index is 0.0589. The van der Waals surface area contributed by atoms with Crippen molar-refractivity contribution in [2.24, 2.45) is 5.73 Å². The highest BCUT2D eigenvalue weighted by atomic mass is 16.4. The lowest BCUT2D eigenvalue weighted by Gasteiger charge is -2.11. The Bertz CT molecular complexity index is 499. The number of urea groups is 1. The number of hydrogen-bond donors (Lipinski definition) is 4. The predicted octanol–water partition coefficient (Wildman–Crippen LogP) is 0.699. The highest BCUT2D eigenvalue weighted by Crippen LogP contribution is 2.11. The van der Waals surface area contributed by atoms with E-state index in [0.717, 1.165) is 5.56 Å². The molecule has 0 aliphatic heterocycles. The van der Waals surface area contributed by atoms with Crippen molar-refractivity contribution in [3.05, 3.63) is 29.8 Å². The molecule has 0 aliphatic carbocycles. The first-order chi connectivity index (χ1) is 9.38. The summed E-state index contributed by atoms with van der Waals surface area (Å²) in [7, 11) is 0. The molecule has 5 N–H and O–H groups in total. The fourth-order valence-electron chi connectivity index (χ4n) is 1.44. The molecule has 108 valence electrons. The molecule has 0 aromatic heterocycles. The molecule has 0 spiro atoms. The molecule has 0 saturated heterocycles. The second kappa shape index (κ2) is 7.13. The van der Waals surface area contributed by atoms with Gasteiger partial charge in [0.1, 0.15) is 6.04 Å². The maximum absolute atomic E-state index is 11.5. The quantitative estimate of drug-likeness (QED) is 0.612. The topological polar surface area (TPSA) is 122 Å². The van der Waals surface area contributed by atoms with Crippen LogP contribution in [-0.4, -0.2) is 29.1 Å². The molecule has 0 saturated carbocycles. The third-order valence-corrected chi connectivity index (χ3v) is 2.61. The van der Waals surface area contributed by atoms with E-state index >= 15 is 0 Å². The Morgan fingerprint density at radius 3 is 2.35 bits per heavy atom. The van der Waals surface area contributed by atoms with Crippen LogP contribution in [0, 0.1) is 0 Å². The Morgan fingerprint density at radius 2 is 1.85 bits per heavy atom. The third-order valence-electron chi connectivity index (χ3n) is 2.61. The predicted molar refractivity (Wildman–Crippen MR) is 73.2 cm³/mol. The fourth-order valence-corrected chi connectivity index (χ4v) is 1.44. The molecule has 7 nitrogen and oxygen atoms in total. The van der Waals surface area contributed by atoms with Gasteiger partial charge in [-0.3, -0.25) is 9.59 Å². The molecular formula is C13H17N3O4. The summed E-state index contributed by atoms with van der Waals surface area (Å²) in [5, 5.41) is 13.5. The van der Waals surface area contributed by atoms with Gasteiger partial charge in [-0.2, -0.15) is 0 Å². The zero-order valence-corrected chi connectivity index (χ0v) is 11.1. The Labute approximate surface area is 116 Å². The molecule has 1 atom stereocenters. The lowest BCUT2D eigenvalue weighted by atomic mass is 10.1. The van der Waals surface area contributed by atoms with E-state index in [1.807, 2.05) is 0 Å². The van der Waals surface area contributed by atoms with Gasteiger partial charge in [-0.25, -0.2) is 4.79 Å². The van der Waals surface area contributed by atoms with E-state index in [1.54, 1.807) is 24.3 Å². The molecule has 0 bridgehead atoms. The number of anilines is 1. The molecule has 1 unspecified atom stereocenters. The number of rotatable bonds is 6. The first-order valence-corrected chi connectivity index (χ1v) is 6.06. The summed E-state index contributed by atoms with van der Waals surface area (Å²) >= 11 is 0. The number of nitrogens with one attached hydrogen (secondary N) is 2. The number of carboxylic acids is 1. The SMILES string of the molecule is CC(NC(=O)Nc1ccc(CCC(=O)O)cc1)C(N)=O. The summed E-state index contributed by atoms with van der Waals surface area (Å²) in [4.78, 5) is 32.7. The van der Waals surface area contributed by atoms with Gasteiger partial charge in [0.15, 0.2) is 0 Å². The molecule has 20 heavy (non-hydrogen) atoms. The average molecular weight is 279 g/mol. The van der Waals surface area contributed by atoms with E-state index in [0.29, 0.717) is 12.1 Å². The summed E-state index contributed by atoms with van der Waals surface area (Å²) in [6.07, 6.45) is 0.490.